The molecular formula is C31H27F2N3O3S. The molecule has 4 aromatic carbocycles. The third-order valence-corrected chi connectivity index (χ3v) is 7.87. The third kappa shape index (κ3) is 6.38. The molecule has 0 aliphatic rings. The number of halogens is 2. The number of nitrogens with one attached hydrogen (secondary N) is 3. The lowest BCUT2D eigenvalue weighted by molar-refractivity contribution is 0.0189. The minimum atomic E-state index is -3.84. The maximum atomic E-state index is 14.1. The smallest absolute Gasteiger partial charge is 0.271 e. The van der Waals surface area contributed by atoms with Crippen LogP contribution in [0.15, 0.2) is 113 Å². The Morgan fingerprint density at radius 3 is 2.20 bits per heavy atom. The fourth-order valence-corrected chi connectivity index (χ4v) is 5.55. The predicted octanol–water partition coefficient (Wildman–Crippen LogP) is 6.64. The van der Waals surface area contributed by atoms with E-state index in [9.17, 15) is 22.0 Å². The SMILES string of the molecule is CC(F)(F)c1cc(=O)[nH]c2ccc(Cc3ccc(S(=O)(=O)Nc4cccc(NCc5ccccc5)c4)cc3)cc12. The van der Waals surface area contributed by atoms with Gasteiger partial charge in [-0.25, -0.2) is 17.2 Å². The Hall–Kier alpha value is -4.50. The van der Waals surface area contributed by atoms with Crippen LogP contribution in [0.4, 0.5) is 20.2 Å². The molecule has 0 radical (unpaired) electrons. The Labute approximate surface area is 230 Å². The van der Waals surface area contributed by atoms with Crippen LogP contribution in [0, 0.1) is 0 Å². The number of pyridine rings is 1. The fraction of sp³-hybridized carbons (Fsp3) is 0.129. The summed E-state index contributed by atoms with van der Waals surface area (Å²) in [5, 5.41) is 3.56. The highest BCUT2D eigenvalue weighted by molar-refractivity contribution is 7.92. The van der Waals surface area contributed by atoms with E-state index in [0.717, 1.165) is 35.4 Å². The zero-order valence-corrected chi connectivity index (χ0v) is 22.4. The van der Waals surface area contributed by atoms with E-state index in [2.05, 4.69) is 15.0 Å². The normalized spacial score (nSPS) is 11.9. The van der Waals surface area contributed by atoms with Crippen LogP contribution < -0.4 is 15.6 Å². The van der Waals surface area contributed by atoms with Crippen LogP contribution in [0.2, 0.25) is 0 Å². The van der Waals surface area contributed by atoms with Crippen LogP contribution in [0.25, 0.3) is 10.9 Å². The van der Waals surface area contributed by atoms with Gasteiger partial charge in [0.05, 0.1) is 10.6 Å². The largest absolute Gasteiger partial charge is 0.381 e. The van der Waals surface area contributed by atoms with Crippen molar-refractivity contribution >= 4 is 32.3 Å². The van der Waals surface area contributed by atoms with Crippen molar-refractivity contribution in [3.8, 4) is 0 Å². The number of rotatable bonds is 9. The van der Waals surface area contributed by atoms with E-state index in [1.54, 1.807) is 48.5 Å². The second-order valence-corrected chi connectivity index (χ2v) is 11.3. The topological polar surface area (TPSA) is 91.1 Å². The molecule has 0 saturated heterocycles. The van der Waals surface area contributed by atoms with E-state index >= 15 is 0 Å². The lowest BCUT2D eigenvalue weighted by atomic mass is 9.99. The first-order valence-electron chi connectivity index (χ1n) is 12.6. The van der Waals surface area contributed by atoms with Crippen LogP contribution in [0.5, 0.6) is 0 Å². The van der Waals surface area contributed by atoms with E-state index in [1.165, 1.54) is 12.1 Å². The highest BCUT2D eigenvalue weighted by Crippen LogP contribution is 2.32. The van der Waals surface area contributed by atoms with Crippen LogP contribution in [-0.4, -0.2) is 13.4 Å². The molecule has 0 bridgehead atoms. The quantitative estimate of drug-likeness (QED) is 0.189. The molecule has 0 unspecified atom stereocenters. The van der Waals surface area contributed by atoms with Gasteiger partial charge in [0.25, 0.3) is 15.9 Å². The molecular weight excluding hydrogens is 532 g/mol. The second kappa shape index (κ2) is 10.9. The summed E-state index contributed by atoms with van der Waals surface area (Å²) in [5.41, 5.74) is 3.29. The van der Waals surface area contributed by atoms with Crippen molar-refractivity contribution in [2.75, 3.05) is 10.0 Å². The molecule has 0 atom stereocenters. The van der Waals surface area contributed by atoms with E-state index in [1.807, 2.05) is 36.4 Å². The number of sulfonamides is 1. The molecule has 3 N–H and O–H groups in total. The Balaban J connectivity index is 1.29. The zero-order valence-electron chi connectivity index (χ0n) is 21.6. The van der Waals surface area contributed by atoms with E-state index in [-0.39, 0.29) is 15.8 Å². The van der Waals surface area contributed by atoms with Gasteiger partial charge in [0.15, 0.2) is 0 Å². The van der Waals surface area contributed by atoms with Crippen molar-refractivity contribution in [1.29, 1.82) is 0 Å². The molecule has 0 aliphatic carbocycles. The molecule has 0 saturated carbocycles. The van der Waals surface area contributed by atoms with Crippen molar-refractivity contribution in [2.45, 2.75) is 30.7 Å². The molecule has 1 aromatic heterocycles. The molecule has 0 aliphatic heterocycles. The molecule has 5 aromatic rings. The Morgan fingerprint density at radius 2 is 1.48 bits per heavy atom. The number of fused-ring (bicyclic) bond motifs is 1. The van der Waals surface area contributed by atoms with Crippen molar-refractivity contribution in [2.24, 2.45) is 0 Å². The minimum absolute atomic E-state index is 0.0999. The molecule has 0 spiro atoms. The molecule has 0 fully saturated rings. The van der Waals surface area contributed by atoms with Gasteiger partial charge in [-0.05, 0) is 65.6 Å². The maximum Gasteiger partial charge on any atom is 0.271 e. The summed E-state index contributed by atoms with van der Waals surface area (Å²) in [5.74, 6) is -3.17. The van der Waals surface area contributed by atoms with Crippen molar-refractivity contribution in [3.05, 3.63) is 136 Å². The number of anilines is 2. The predicted molar refractivity (Wildman–Crippen MR) is 154 cm³/mol. The van der Waals surface area contributed by atoms with Gasteiger partial charge in [0, 0.05) is 41.7 Å². The van der Waals surface area contributed by atoms with Crippen LogP contribution >= 0.6 is 0 Å². The highest BCUT2D eigenvalue weighted by atomic mass is 32.2. The standard InChI is InChI=1S/C31H27F2N3O3S/c1-31(32,33)28-19-30(37)35-29-15-12-23(17-27(28)29)16-21-10-13-26(14-11-21)40(38,39)36-25-9-5-8-24(18-25)34-20-22-6-3-2-4-7-22/h2-15,17-19,34,36H,16,20H2,1H3,(H,35,37). The molecule has 5 rings (SSSR count). The summed E-state index contributed by atoms with van der Waals surface area (Å²) < 4.78 is 57.0. The number of hydrogen-bond donors (Lipinski definition) is 3. The van der Waals surface area contributed by atoms with Crippen LogP contribution in [-0.2, 0) is 28.9 Å². The number of benzene rings is 4. The number of H-pyrrole nitrogens is 1. The summed E-state index contributed by atoms with van der Waals surface area (Å²) in [6.45, 7) is 1.37. The fourth-order valence-electron chi connectivity index (χ4n) is 4.50. The molecule has 9 heteroatoms. The first-order valence-corrected chi connectivity index (χ1v) is 14.1. The Kier molecular flexibility index (Phi) is 7.40. The number of hydrogen-bond acceptors (Lipinski definition) is 4. The van der Waals surface area contributed by atoms with Crippen LogP contribution in [0.3, 0.4) is 0 Å². The van der Waals surface area contributed by atoms with Gasteiger partial charge in [-0.1, -0.05) is 54.6 Å². The third-order valence-electron chi connectivity index (χ3n) is 6.48. The van der Waals surface area contributed by atoms with Gasteiger partial charge < -0.3 is 10.3 Å². The summed E-state index contributed by atoms with van der Waals surface area (Å²) >= 11 is 0. The van der Waals surface area contributed by atoms with Gasteiger partial charge in [-0.15, -0.1) is 0 Å². The Bertz CT molecular complexity index is 1820. The zero-order chi connectivity index (χ0) is 28.3. The average Bonchev–Trinajstić information content (AvgIpc) is 2.92. The van der Waals surface area contributed by atoms with E-state index < -0.39 is 21.5 Å². The summed E-state index contributed by atoms with van der Waals surface area (Å²) in [6, 6.07) is 29.3. The highest BCUT2D eigenvalue weighted by Gasteiger charge is 2.27. The van der Waals surface area contributed by atoms with Gasteiger partial charge in [0.1, 0.15) is 0 Å². The minimum Gasteiger partial charge on any atom is -0.381 e. The van der Waals surface area contributed by atoms with Crippen LogP contribution in [0.1, 0.15) is 29.2 Å². The lowest BCUT2D eigenvalue weighted by Crippen LogP contribution is -2.15. The summed E-state index contributed by atoms with van der Waals surface area (Å²) in [6.07, 6.45) is 0.396. The first kappa shape index (κ1) is 27.1. The van der Waals surface area contributed by atoms with Gasteiger partial charge in [-0.2, -0.15) is 0 Å². The van der Waals surface area contributed by atoms with Gasteiger partial charge in [0.2, 0.25) is 5.56 Å². The first-order chi connectivity index (χ1) is 19.1. The maximum absolute atomic E-state index is 14.1. The van der Waals surface area contributed by atoms with Gasteiger partial charge in [-0.3, -0.25) is 9.52 Å². The lowest BCUT2D eigenvalue weighted by Gasteiger charge is -2.14. The molecule has 204 valence electrons. The molecule has 6 nitrogen and oxygen atoms in total. The average molecular weight is 560 g/mol. The molecule has 1 heterocycles. The van der Waals surface area contributed by atoms with Crippen molar-refractivity contribution < 1.29 is 17.2 Å². The van der Waals surface area contributed by atoms with Crippen molar-refractivity contribution in [3.63, 3.8) is 0 Å². The number of aromatic nitrogens is 1. The molecule has 40 heavy (non-hydrogen) atoms. The summed E-state index contributed by atoms with van der Waals surface area (Å²) in [4.78, 5) is 14.5. The molecule has 0 amide bonds. The van der Waals surface area contributed by atoms with Crippen molar-refractivity contribution in [1.82, 2.24) is 4.98 Å². The second-order valence-electron chi connectivity index (χ2n) is 9.66. The summed E-state index contributed by atoms with van der Waals surface area (Å²) in [7, 11) is -3.84. The number of alkyl halides is 2. The monoisotopic (exact) mass is 559 g/mol. The van der Waals surface area contributed by atoms with E-state index in [0.29, 0.717) is 24.2 Å². The van der Waals surface area contributed by atoms with Gasteiger partial charge >= 0.3 is 0 Å². The Morgan fingerprint density at radius 1 is 0.775 bits per heavy atom. The van der Waals surface area contributed by atoms with E-state index in [4.69, 9.17) is 0 Å². The number of aromatic amines is 1.